The second kappa shape index (κ2) is 11.3. The maximum absolute atomic E-state index is 5.58. The van der Waals surface area contributed by atoms with E-state index in [0.29, 0.717) is 13.1 Å². The molecule has 2 aromatic rings. The van der Waals surface area contributed by atoms with Crippen molar-refractivity contribution in [1.82, 2.24) is 20.1 Å². The summed E-state index contributed by atoms with van der Waals surface area (Å²) in [6.07, 6.45) is 0. The van der Waals surface area contributed by atoms with Crippen LogP contribution in [0.3, 0.4) is 0 Å². The fraction of sp³-hybridized carbons (Fsp3) is 0.545. The Morgan fingerprint density at radius 3 is 2.65 bits per heavy atom. The number of rotatable bonds is 8. The second-order valence-corrected chi connectivity index (χ2v) is 8.48. The molecule has 31 heavy (non-hydrogen) atoms. The van der Waals surface area contributed by atoms with Gasteiger partial charge in [0.1, 0.15) is 0 Å². The number of nitrogens with zero attached hydrogens (tertiary/aromatic N) is 4. The maximum Gasteiger partial charge on any atom is 0.193 e. The number of nitrogens with one attached hydrogen (secondary N) is 1. The summed E-state index contributed by atoms with van der Waals surface area (Å²) >= 11 is 1.67. The van der Waals surface area contributed by atoms with Gasteiger partial charge in [-0.05, 0) is 24.6 Å². The first kappa shape index (κ1) is 23.3. The third-order valence-corrected chi connectivity index (χ3v) is 6.19. The van der Waals surface area contributed by atoms with Crippen LogP contribution in [0.1, 0.15) is 22.3 Å². The van der Waals surface area contributed by atoms with Gasteiger partial charge in [-0.15, -0.1) is 11.3 Å². The first-order chi connectivity index (χ1) is 15.0. The number of benzene rings is 1. The molecule has 1 aliphatic heterocycles. The van der Waals surface area contributed by atoms with E-state index in [2.05, 4.69) is 42.6 Å². The van der Waals surface area contributed by atoms with Crippen LogP contribution < -0.4 is 14.8 Å². The van der Waals surface area contributed by atoms with Crippen molar-refractivity contribution in [3.63, 3.8) is 0 Å². The molecule has 1 fully saturated rings. The average molecular weight is 448 g/mol. The Morgan fingerprint density at radius 2 is 2.03 bits per heavy atom. The highest BCUT2D eigenvalue weighted by Gasteiger charge is 2.24. The number of morpholine rings is 1. The van der Waals surface area contributed by atoms with Crippen molar-refractivity contribution in [3.8, 4) is 11.5 Å². The van der Waals surface area contributed by atoms with Gasteiger partial charge in [0.15, 0.2) is 17.5 Å². The van der Waals surface area contributed by atoms with Crippen molar-refractivity contribution in [2.24, 2.45) is 4.99 Å². The fourth-order valence-corrected chi connectivity index (χ4v) is 4.38. The summed E-state index contributed by atoms with van der Waals surface area (Å²) in [7, 11) is 7.16. The van der Waals surface area contributed by atoms with E-state index in [0.717, 1.165) is 54.5 Å². The van der Waals surface area contributed by atoms with Crippen LogP contribution >= 0.6 is 11.3 Å². The summed E-state index contributed by atoms with van der Waals surface area (Å²) in [4.78, 5) is 13.6. The molecule has 1 atom stereocenters. The van der Waals surface area contributed by atoms with Crippen LogP contribution in [-0.4, -0.2) is 81.9 Å². The molecule has 0 bridgehead atoms. The number of hydrogen-bond donors (Lipinski definition) is 1. The molecule has 1 aromatic carbocycles. The van der Waals surface area contributed by atoms with E-state index in [9.17, 15) is 0 Å². The van der Waals surface area contributed by atoms with E-state index in [1.807, 2.05) is 27.1 Å². The molecule has 9 heteroatoms. The van der Waals surface area contributed by atoms with Gasteiger partial charge < -0.3 is 24.4 Å². The van der Waals surface area contributed by atoms with Gasteiger partial charge in [0.2, 0.25) is 0 Å². The van der Waals surface area contributed by atoms with Gasteiger partial charge in [0, 0.05) is 39.1 Å². The second-order valence-electron chi connectivity index (χ2n) is 7.42. The molecule has 0 aliphatic carbocycles. The average Bonchev–Trinajstić information content (AvgIpc) is 3.21. The SMILES string of the molecule is CN=C(NCC(c1ccc(OC)c(OC)c1)N1CCOCC1)N(C)Cc1csc(C)n1. The number of aromatic nitrogens is 1. The minimum atomic E-state index is 0.148. The molecule has 1 unspecified atom stereocenters. The van der Waals surface area contributed by atoms with Crippen molar-refractivity contribution < 1.29 is 14.2 Å². The number of ether oxygens (including phenoxy) is 3. The van der Waals surface area contributed by atoms with E-state index in [4.69, 9.17) is 14.2 Å². The third-order valence-electron chi connectivity index (χ3n) is 5.37. The lowest BCUT2D eigenvalue weighted by Gasteiger charge is -2.36. The molecule has 1 aliphatic rings. The number of guanidine groups is 1. The van der Waals surface area contributed by atoms with Crippen LogP contribution in [-0.2, 0) is 11.3 Å². The highest BCUT2D eigenvalue weighted by Crippen LogP contribution is 2.32. The Bertz CT molecular complexity index is 867. The lowest BCUT2D eigenvalue weighted by atomic mass is 10.0. The minimum absolute atomic E-state index is 0.148. The van der Waals surface area contributed by atoms with Gasteiger partial charge >= 0.3 is 0 Å². The normalized spacial score (nSPS) is 16.1. The molecule has 170 valence electrons. The largest absolute Gasteiger partial charge is 0.493 e. The summed E-state index contributed by atoms with van der Waals surface area (Å²) in [5.74, 6) is 2.30. The molecule has 0 saturated carbocycles. The van der Waals surface area contributed by atoms with Crippen molar-refractivity contribution in [2.75, 3.05) is 61.2 Å². The first-order valence-electron chi connectivity index (χ1n) is 10.4. The zero-order chi connectivity index (χ0) is 22.2. The predicted molar refractivity (Wildman–Crippen MR) is 124 cm³/mol. The highest BCUT2D eigenvalue weighted by molar-refractivity contribution is 7.09. The lowest BCUT2D eigenvalue weighted by molar-refractivity contribution is 0.0168. The third kappa shape index (κ3) is 6.09. The van der Waals surface area contributed by atoms with Crippen molar-refractivity contribution in [3.05, 3.63) is 39.8 Å². The summed E-state index contributed by atoms with van der Waals surface area (Å²) < 4.78 is 16.5. The van der Waals surface area contributed by atoms with Crippen molar-refractivity contribution >= 4 is 17.3 Å². The molecule has 1 aromatic heterocycles. The molecule has 0 radical (unpaired) electrons. The van der Waals surface area contributed by atoms with Crippen LogP contribution in [0.15, 0.2) is 28.6 Å². The van der Waals surface area contributed by atoms with Crippen LogP contribution in [0.4, 0.5) is 0 Å². The van der Waals surface area contributed by atoms with Gasteiger partial charge in [-0.25, -0.2) is 4.98 Å². The van der Waals surface area contributed by atoms with Gasteiger partial charge in [0.05, 0.1) is 50.7 Å². The Kier molecular flexibility index (Phi) is 8.51. The monoisotopic (exact) mass is 447 g/mol. The standard InChI is InChI=1S/C22H33N5O3S/c1-16-25-18(15-31-16)14-26(3)22(23-2)24-13-19(27-8-10-30-11-9-27)17-6-7-20(28-4)21(12-17)29-5/h6-7,12,15,19H,8-11,13-14H2,1-5H3,(H,23,24). The number of aliphatic imine (C=N–C) groups is 1. The highest BCUT2D eigenvalue weighted by atomic mass is 32.1. The summed E-state index contributed by atoms with van der Waals surface area (Å²) in [6.45, 7) is 6.69. The molecule has 8 nitrogen and oxygen atoms in total. The maximum atomic E-state index is 5.58. The van der Waals surface area contributed by atoms with Crippen LogP contribution in [0.2, 0.25) is 0 Å². The molecule has 3 rings (SSSR count). The molecule has 1 saturated heterocycles. The molecule has 0 spiro atoms. The number of methoxy groups -OCH3 is 2. The number of aryl methyl sites for hydroxylation is 1. The van der Waals surface area contributed by atoms with Gasteiger partial charge in [0.25, 0.3) is 0 Å². The fourth-order valence-electron chi connectivity index (χ4n) is 3.78. The van der Waals surface area contributed by atoms with Gasteiger partial charge in [-0.1, -0.05) is 6.07 Å². The Balaban J connectivity index is 1.75. The van der Waals surface area contributed by atoms with E-state index < -0.39 is 0 Å². The lowest BCUT2D eigenvalue weighted by Crippen LogP contribution is -2.46. The Labute approximate surface area is 188 Å². The predicted octanol–water partition coefficient (Wildman–Crippen LogP) is 2.55. The summed E-state index contributed by atoms with van der Waals surface area (Å²) in [5, 5.41) is 6.73. The topological polar surface area (TPSA) is 71.5 Å². The van der Waals surface area contributed by atoms with Crippen LogP contribution in [0, 0.1) is 6.92 Å². The zero-order valence-electron chi connectivity index (χ0n) is 19.1. The van der Waals surface area contributed by atoms with Gasteiger partial charge in [-0.2, -0.15) is 0 Å². The van der Waals surface area contributed by atoms with Gasteiger partial charge in [-0.3, -0.25) is 9.89 Å². The van der Waals surface area contributed by atoms with Crippen molar-refractivity contribution in [1.29, 1.82) is 0 Å². The quantitative estimate of drug-likeness (QED) is 0.493. The Morgan fingerprint density at radius 1 is 1.29 bits per heavy atom. The molecule has 2 heterocycles. The molecule has 0 amide bonds. The molecular formula is C22H33N5O3S. The van der Waals surface area contributed by atoms with Crippen LogP contribution in [0.5, 0.6) is 11.5 Å². The zero-order valence-corrected chi connectivity index (χ0v) is 19.9. The number of hydrogen-bond acceptors (Lipinski definition) is 7. The van der Waals surface area contributed by atoms with Crippen LogP contribution in [0.25, 0.3) is 0 Å². The number of thiazole rings is 1. The minimum Gasteiger partial charge on any atom is -0.493 e. The van der Waals surface area contributed by atoms with Crippen molar-refractivity contribution in [2.45, 2.75) is 19.5 Å². The van der Waals surface area contributed by atoms with E-state index in [-0.39, 0.29) is 6.04 Å². The van der Waals surface area contributed by atoms with E-state index in [1.54, 1.807) is 25.6 Å². The first-order valence-corrected chi connectivity index (χ1v) is 11.3. The summed E-state index contributed by atoms with van der Waals surface area (Å²) in [5.41, 5.74) is 2.22. The Hall–Kier alpha value is -2.36. The van der Waals surface area contributed by atoms with E-state index in [1.165, 1.54) is 5.56 Å². The van der Waals surface area contributed by atoms with E-state index >= 15 is 0 Å². The summed E-state index contributed by atoms with van der Waals surface area (Å²) in [6, 6.07) is 6.28. The smallest absolute Gasteiger partial charge is 0.193 e. The molecular weight excluding hydrogens is 414 g/mol. The molecule has 1 N–H and O–H groups in total.